The lowest BCUT2D eigenvalue weighted by Crippen LogP contribution is -2.43. The van der Waals surface area contributed by atoms with Crippen LogP contribution in [0.1, 0.15) is 37.5 Å². The van der Waals surface area contributed by atoms with Gasteiger partial charge in [0, 0.05) is 17.8 Å². The molecule has 4 rings (SSSR count). The predicted molar refractivity (Wildman–Crippen MR) is 135 cm³/mol. The van der Waals surface area contributed by atoms with Crippen LogP contribution < -0.4 is 10.6 Å². The molecule has 0 saturated carbocycles. The van der Waals surface area contributed by atoms with Gasteiger partial charge >= 0.3 is 6.09 Å². The lowest BCUT2D eigenvalue weighted by molar-refractivity contribution is -0.121. The summed E-state index contributed by atoms with van der Waals surface area (Å²) in [7, 11) is 0. The van der Waals surface area contributed by atoms with Gasteiger partial charge in [0.05, 0.1) is 6.54 Å². The van der Waals surface area contributed by atoms with Crippen molar-refractivity contribution in [2.75, 3.05) is 10.6 Å². The van der Waals surface area contributed by atoms with Gasteiger partial charge in [-0.25, -0.2) is 9.18 Å². The molecule has 0 unspecified atom stereocenters. The second-order valence-corrected chi connectivity index (χ2v) is 9.13. The Labute approximate surface area is 209 Å². The molecule has 3 aromatic rings. The molecule has 0 aromatic heterocycles. The van der Waals surface area contributed by atoms with Gasteiger partial charge in [-0.05, 0) is 53.4 Å². The summed E-state index contributed by atoms with van der Waals surface area (Å²) in [5, 5.41) is 5.61. The van der Waals surface area contributed by atoms with Crippen LogP contribution in [-0.2, 0) is 20.9 Å². The summed E-state index contributed by atoms with van der Waals surface area (Å²) >= 11 is 0. The van der Waals surface area contributed by atoms with E-state index in [0.717, 1.165) is 5.56 Å². The fourth-order valence-corrected chi connectivity index (χ4v) is 4.08. The van der Waals surface area contributed by atoms with E-state index in [9.17, 15) is 18.8 Å². The van der Waals surface area contributed by atoms with Crippen LogP contribution in [0.15, 0.2) is 78.9 Å². The fraction of sp³-hybridized carbons (Fsp3) is 0.250. The molecule has 36 heavy (non-hydrogen) atoms. The zero-order valence-electron chi connectivity index (χ0n) is 20.1. The van der Waals surface area contributed by atoms with Gasteiger partial charge in [-0.2, -0.15) is 0 Å². The maximum absolute atomic E-state index is 13.4. The molecule has 0 bridgehead atoms. The molecule has 1 saturated heterocycles. The lowest BCUT2D eigenvalue weighted by Gasteiger charge is -2.24. The number of hydrogen-bond donors (Lipinski definition) is 2. The standard InChI is InChI=1S/C28H28FN3O4/c1-18(2)16-24(33)30-22-12-8-20(9-13-22)26-25(27(34)31-23-14-10-21(29)11-15-23)32(28(35)36-26)17-19-6-4-3-5-7-19/h3-15,18,25-26H,16-17H2,1-2H3,(H,30,33)(H,31,34)/t25-,26+/m0/s1. The largest absolute Gasteiger partial charge is 0.438 e. The Morgan fingerprint density at radius 2 is 1.53 bits per heavy atom. The Morgan fingerprint density at radius 3 is 2.17 bits per heavy atom. The number of amides is 3. The van der Waals surface area contributed by atoms with Crippen LogP contribution in [0.3, 0.4) is 0 Å². The van der Waals surface area contributed by atoms with Crippen LogP contribution in [0.4, 0.5) is 20.6 Å². The average molecular weight is 490 g/mol. The molecule has 2 atom stereocenters. The first-order valence-electron chi connectivity index (χ1n) is 11.8. The van der Waals surface area contributed by atoms with E-state index < -0.39 is 30.0 Å². The molecule has 1 aliphatic rings. The first-order valence-corrected chi connectivity index (χ1v) is 11.8. The van der Waals surface area contributed by atoms with Gasteiger partial charge < -0.3 is 15.4 Å². The predicted octanol–water partition coefficient (Wildman–Crippen LogP) is 5.51. The Morgan fingerprint density at radius 1 is 0.917 bits per heavy atom. The zero-order chi connectivity index (χ0) is 25.7. The summed E-state index contributed by atoms with van der Waals surface area (Å²) in [5.74, 6) is -0.729. The maximum Gasteiger partial charge on any atom is 0.411 e. The number of hydrogen-bond acceptors (Lipinski definition) is 4. The first-order chi connectivity index (χ1) is 17.3. The number of carbonyl (C=O) groups is 3. The second kappa shape index (κ2) is 11.0. The van der Waals surface area contributed by atoms with E-state index in [1.54, 1.807) is 24.3 Å². The number of nitrogens with one attached hydrogen (secondary N) is 2. The normalized spacial score (nSPS) is 17.1. The van der Waals surface area contributed by atoms with Gasteiger partial charge in [0.25, 0.3) is 5.91 Å². The molecule has 1 heterocycles. The highest BCUT2D eigenvalue weighted by atomic mass is 19.1. The van der Waals surface area contributed by atoms with Crippen LogP contribution in [0, 0.1) is 11.7 Å². The van der Waals surface area contributed by atoms with Crippen molar-refractivity contribution < 1.29 is 23.5 Å². The summed E-state index contributed by atoms with van der Waals surface area (Å²) in [5.41, 5.74) is 2.47. The molecule has 7 nitrogen and oxygen atoms in total. The first kappa shape index (κ1) is 24.9. The Balaban J connectivity index is 1.58. The van der Waals surface area contributed by atoms with Crippen LogP contribution >= 0.6 is 0 Å². The number of nitrogens with zero attached hydrogens (tertiary/aromatic N) is 1. The number of carbonyl (C=O) groups excluding carboxylic acids is 3. The van der Waals surface area contributed by atoms with Crippen molar-refractivity contribution in [2.45, 2.75) is 39.0 Å². The topological polar surface area (TPSA) is 87.7 Å². The third-order valence-electron chi connectivity index (χ3n) is 5.78. The summed E-state index contributed by atoms with van der Waals surface area (Å²) in [6.07, 6.45) is -1.08. The third-order valence-corrected chi connectivity index (χ3v) is 5.78. The lowest BCUT2D eigenvalue weighted by atomic mass is 10.00. The van der Waals surface area contributed by atoms with Crippen molar-refractivity contribution in [3.05, 3.63) is 95.8 Å². The van der Waals surface area contributed by atoms with E-state index in [0.29, 0.717) is 23.4 Å². The summed E-state index contributed by atoms with van der Waals surface area (Å²) < 4.78 is 19.0. The fourth-order valence-electron chi connectivity index (χ4n) is 4.08. The number of ether oxygens (including phenoxy) is 1. The minimum Gasteiger partial charge on any atom is -0.438 e. The van der Waals surface area contributed by atoms with E-state index in [4.69, 9.17) is 4.74 Å². The molecule has 3 aromatic carbocycles. The van der Waals surface area contributed by atoms with Gasteiger partial charge in [-0.3, -0.25) is 14.5 Å². The highest BCUT2D eigenvalue weighted by Crippen LogP contribution is 2.35. The van der Waals surface area contributed by atoms with E-state index in [2.05, 4.69) is 10.6 Å². The van der Waals surface area contributed by atoms with Gasteiger partial charge in [0.1, 0.15) is 5.82 Å². The van der Waals surface area contributed by atoms with Crippen LogP contribution in [-0.4, -0.2) is 28.8 Å². The van der Waals surface area contributed by atoms with Crippen molar-refractivity contribution in [3.63, 3.8) is 0 Å². The van der Waals surface area contributed by atoms with Gasteiger partial charge in [0.15, 0.2) is 12.1 Å². The van der Waals surface area contributed by atoms with Crippen molar-refractivity contribution in [3.8, 4) is 0 Å². The van der Waals surface area contributed by atoms with Gasteiger partial charge in [0.2, 0.25) is 5.91 Å². The van der Waals surface area contributed by atoms with Crippen LogP contribution in [0.25, 0.3) is 0 Å². The Hall–Kier alpha value is -4.20. The SMILES string of the molecule is CC(C)CC(=O)Nc1ccc([C@H]2OC(=O)N(Cc3ccccc3)[C@@H]2C(=O)Nc2ccc(F)cc2)cc1. The highest BCUT2D eigenvalue weighted by Gasteiger charge is 2.47. The van der Waals surface area contributed by atoms with Crippen molar-refractivity contribution in [1.29, 1.82) is 0 Å². The molecule has 3 amide bonds. The van der Waals surface area contributed by atoms with Gasteiger partial charge in [-0.15, -0.1) is 0 Å². The highest BCUT2D eigenvalue weighted by molar-refractivity contribution is 5.98. The number of rotatable bonds is 8. The molecule has 186 valence electrons. The van der Waals surface area contributed by atoms with Crippen molar-refractivity contribution >= 4 is 29.3 Å². The molecule has 0 spiro atoms. The molecule has 2 N–H and O–H groups in total. The molecular weight excluding hydrogens is 461 g/mol. The number of benzene rings is 3. The van der Waals surface area contributed by atoms with Crippen LogP contribution in [0.5, 0.6) is 0 Å². The molecule has 8 heteroatoms. The number of halogens is 1. The maximum atomic E-state index is 13.4. The Bertz CT molecular complexity index is 1210. The van der Waals surface area contributed by atoms with Crippen molar-refractivity contribution in [1.82, 2.24) is 4.90 Å². The Kier molecular flexibility index (Phi) is 7.63. The molecule has 0 radical (unpaired) electrons. The molecule has 1 fully saturated rings. The minimum atomic E-state index is -0.968. The van der Waals surface area contributed by atoms with Gasteiger partial charge in [-0.1, -0.05) is 56.3 Å². The minimum absolute atomic E-state index is 0.0874. The van der Waals surface area contributed by atoms with Crippen LogP contribution in [0.2, 0.25) is 0 Å². The summed E-state index contributed by atoms with van der Waals surface area (Å²) in [6, 6.07) is 20.6. The molecule has 0 aliphatic carbocycles. The van der Waals surface area contributed by atoms with E-state index in [-0.39, 0.29) is 18.4 Å². The molecular formula is C28H28FN3O4. The zero-order valence-corrected chi connectivity index (χ0v) is 20.1. The number of cyclic esters (lactones) is 1. The monoisotopic (exact) mass is 489 g/mol. The van der Waals surface area contributed by atoms with E-state index >= 15 is 0 Å². The molecule has 1 aliphatic heterocycles. The third kappa shape index (κ3) is 6.07. The smallest absolute Gasteiger partial charge is 0.411 e. The van der Waals surface area contributed by atoms with Crippen molar-refractivity contribution in [2.24, 2.45) is 5.92 Å². The average Bonchev–Trinajstić information content (AvgIpc) is 3.17. The van der Waals surface area contributed by atoms with E-state index in [1.807, 2.05) is 44.2 Å². The quantitative estimate of drug-likeness (QED) is 0.437. The summed E-state index contributed by atoms with van der Waals surface area (Å²) in [6.45, 7) is 4.12. The summed E-state index contributed by atoms with van der Waals surface area (Å²) in [4.78, 5) is 39.8. The van der Waals surface area contributed by atoms with E-state index in [1.165, 1.54) is 29.2 Å². The second-order valence-electron chi connectivity index (χ2n) is 9.13. The number of anilines is 2.